The second-order valence-electron chi connectivity index (χ2n) is 7.55. The number of nitrogens with one attached hydrogen (secondary N) is 1. The highest BCUT2D eigenvalue weighted by molar-refractivity contribution is 7.92. The fraction of sp³-hybridized carbons (Fsp3) is 0.409. The number of anilines is 2. The third kappa shape index (κ3) is 5.11. The van der Waals surface area contributed by atoms with Crippen molar-refractivity contribution in [3.63, 3.8) is 0 Å². The van der Waals surface area contributed by atoms with Crippen molar-refractivity contribution in [1.29, 1.82) is 0 Å². The number of sulfonamides is 1. The quantitative estimate of drug-likeness (QED) is 0.650. The van der Waals surface area contributed by atoms with E-state index in [1.54, 1.807) is 0 Å². The summed E-state index contributed by atoms with van der Waals surface area (Å²) in [5, 5.41) is 2.79. The molecule has 1 atom stereocenters. The maximum Gasteiger partial charge on any atom is 0.243 e. The van der Waals surface area contributed by atoms with Crippen LogP contribution in [0.25, 0.3) is 0 Å². The van der Waals surface area contributed by atoms with Gasteiger partial charge >= 0.3 is 0 Å². The van der Waals surface area contributed by atoms with E-state index in [9.17, 15) is 17.6 Å². The molecule has 1 heterocycles. The Hall–Kier alpha value is -2.61. The summed E-state index contributed by atoms with van der Waals surface area (Å²) in [4.78, 5) is 14.9. The van der Waals surface area contributed by atoms with Crippen LogP contribution in [0.5, 0.6) is 0 Å². The third-order valence-corrected chi connectivity index (χ3v) is 6.52. The maximum atomic E-state index is 14.2. The minimum absolute atomic E-state index is 0.132. The Morgan fingerprint density at radius 1 is 1.20 bits per heavy atom. The number of carbonyl (C=O) groups is 1. The lowest BCUT2D eigenvalue weighted by Crippen LogP contribution is -2.48. The van der Waals surface area contributed by atoms with Gasteiger partial charge in [-0.2, -0.15) is 0 Å². The molecule has 1 aliphatic rings. The molecule has 30 heavy (non-hydrogen) atoms. The first-order chi connectivity index (χ1) is 14.3. The summed E-state index contributed by atoms with van der Waals surface area (Å²) in [5.41, 5.74) is 2.45. The molecule has 162 valence electrons. The minimum Gasteiger partial charge on any atom is -0.371 e. The van der Waals surface area contributed by atoms with E-state index >= 15 is 0 Å². The van der Waals surface area contributed by atoms with E-state index in [0.717, 1.165) is 42.9 Å². The predicted molar refractivity (Wildman–Crippen MR) is 118 cm³/mol. The zero-order valence-corrected chi connectivity index (χ0v) is 18.2. The van der Waals surface area contributed by atoms with Crippen molar-refractivity contribution in [2.24, 2.45) is 0 Å². The van der Waals surface area contributed by atoms with Gasteiger partial charge in [0.05, 0.1) is 11.9 Å². The van der Waals surface area contributed by atoms with E-state index in [1.165, 1.54) is 42.4 Å². The topological polar surface area (TPSA) is 69.7 Å². The molecule has 3 rings (SSSR count). The first kappa shape index (κ1) is 22.1. The van der Waals surface area contributed by atoms with Crippen LogP contribution < -0.4 is 14.5 Å². The van der Waals surface area contributed by atoms with Crippen LogP contribution in [-0.2, 0) is 21.2 Å². The lowest BCUT2D eigenvalue weighted by molar-refractivity contribution is -0.121. The van der Waals surface area contributed by atoms with Crippen LogP contribution in [0.2, 0.25) is 0 Å². The van der Waals surface area contributed by atoms with E-state index in [0.29, 0.717) is 6.54 Å². The summed E-state index contributed by atoms with van der Waals surface area (Å²) in [6, 6.07) is 12.8. The Labute approximate surface area is 177 Å². The van der Waals surface area contributed by atoms with Crippen molar-refractivity contribution in [2.45, 2.75) is 32.2 Å². The SMILES string of the molecule is C[C@H](C(=O)NCCCN1CCCc2ccccc21)N(c1ccccc1F)S(C)(=O)=O. The van der Waals surface area contributed by atoms with E-state index in [-0.39, 0.29) is 5.69 Å². The summed E-state index contributed by atoms with van der Waals surface area (Å²) in [5.74, 6) is -1.14. The number of hydrogen-bond donors (Lipinski definition) is 1. The van der Waals surface area contributed by atoms with Crippen LogP contribution >= 0.6 is 0 Å². The Bertz CT molecular complexity index is 997. The third-order valence-electron chi connectivity index (χ3n) is 5.29. The highest BCUT2D eigenvalue weighted by atomic mass is 32.2. The number of nitrogens with zero attached hydrogens (tertiary/aromatic N) is 2. The number of aryl methyl sites for hydroxylation is 1. The number of amides is 1. The van der Waals surface area contributed by atoms with Crippen LogP contribution in [0.1, 0.15) is 25.3 Å². The van der Waals surface area contributed by atoms with E-state index < -0.39 is 27.8 Å². The van der Waals surface area contributed by atoms with Gasteiger partial charge in [-0.25, -0.2) is 12.8 Å². The van der Waals surface area contributed by atoms with Crippen LogP contribution in [-0.4, -0.2) is 46.3 Å². The zero-order chi connectivity index (χ0) is 21.7. The second kappa shape index (κ2) is 9.47. The van der Waals surface area contributed by atoms with Gasteiger partial charge in [-0.05, 0) is 49.9 Å². The highest BCUT2D eigenvalue weighted by Crippen LogP contribution is 2.27. The van der Waals surface area contributed by atoms with Crippen molar-refractivity contribution < 1.29 is 17.6 Å². The molecule has 1 N–H and O–H groups in total. The summed E-state index contributed by atoms with van der Waals surface area (Å²) < 4.78 is 39.5. The van der Waals surface area contributed by atoms with E-state index in [1.807, 2.05) is 12.1 Å². The van der Waals surface area contributed by atoms with Gasteiger partial charge in [0.15, 0.2) is 0 Å². The van der Waals surface area contributed by atoms with Gasteiger partial charge in [0.1, 0.15) is 11.9 Å². The average molecular weight is 434 g/mol. The molecule has 0 aliphatic carbocycles. The number of para-hydroxylation sites is 2. The number of fused-ring (bicyclic) bond motifs is 1. The molecule has 0 bridgehead atoms. The molecular weight excluding hydrogens is 405 g/mol. The van der Waals surface area contributed by atoms with Gasteiger partial charge in [-0.15, -0.1) is 0 Å². The van der Waals surface area contributed by atoms with Gasteiger partial charge < -0.3 is 10.2 Å². The van der Waals surface area contributed by atoms with Gasteiger partial charge in [0, 0.05) is 25.3 Å². The molecule has 1 amide bonds. The lowest BCUT2D eigenvalue weighted by atomic mass is 10.0. The smallest absolute Gasteiger partial charge is 0.243 e. The summed E-state index contributed by atoms with van der Waals surface area (Å²) in [6.07, 6.45) is 3.88. The van der Waals surface area contributed by atoms with Gasteiger partial charge in [-0.1, -0.05) is 30.3 Å². The molecule has 0 saturated carbocycles. The molecule has 0 fully saturated rings. The van der Waals surface area contributed by atoms with Crippen LogP contribution in [0.4, 0.5) is 15.8 Å². The molecule has 2 aromatic carbocycles. The number of halogens is 1. The van der Waals surface area contributed by atoms with Crippen molar-refractivity contribution in [3.05, 3.63) is 59.9 Å². The lowest BCUT2D eigenvalue weighted by Gasteiger charge is -2.31. The molecule has 6 nitrogen and oxygen atoms in total. The first-order valence-corrected chi connectivity index (χ1v) is 12.0. The van der Waals surface area contributed by atoms with Gasteiger partial charge in [0.25, 0.3) is 0 Å². The monoisotopic (exact) mass is 433 g/mol. The minimum atomic E-state index is -3.84. The Kier molecular flexibility index (Phi) is 6.97. The normalized spacial score (nSPS) is 14.7. The highest BCUT2D eigenvalue weighted by Gasteiger charge is 2.30. The number of rotatable bonds is 8. The molecule has 8 heteroatoms. The van der Waals surface area contributed by atoms with Crippen LogP contribution in [0.15, 0.2) is 48.5 Å². The fourth-order valence-electron chi connectivity index (χ4n) is 3.88. The molecule has 1 aliphatic heterocycles. The van der Waals surface area contributed by atoms with Crippen molar-refractivity contribution in [1.82, 2.24) is 5.32 Å². The first-order valence-electron chi connectivity index (χ1n) is 10.1. The zero-order valence-electron chi connectivity index (χ0n) is 17.3. The van der Waals surface area contributed by atoms with Crippen molar-refractivity contribution in [2.75, 3.05) is 35.1 Å². The summed E-state index contributed by atoms with van der Waals surface area (Å²) >= 11 is 0. The molecule has 0 radical (unpaired) electrons. The molecule has 0 aromatic heterocycles. The Morgan fingerprint density at radius 2 is 1.90 bits per heavy atom. The second-order valence-corrected chi connectivity index (χ2v) is 9.41. The Balaban J connectivity index is 1.58. The molecule has 2 aromatic rings. The largest absolute Gasteiger partial charge is 0.371 e. The van der Waals surface area contributed by atoms with Gasteiger partial charge in [0.2, 0.25) is 15.9 Å². The Morgan fingerprint density at radius 3 is 2.63 bits per heavy atom. The molecule has 0 spiro atoms. The number of hydrogen-bond acceptors (Lipinski definition) is 4. The van der Waals surface area contributed by atoms with Crippen LogP contribution in [0.3, 0.4) is 0 Å². The predicted octanol–water partition coefficient (Wildman–Crippen LogP) is 2.94. The fourth-order valence-corrected chi connectivity index (χ4v) is 5.06. The number of carbonyl (C=O) groups excluding carboxylic acids is 1. The standard InChI is InChI=1S/C22H28FN3O3S/c1-17(26(30(2,28)29)21-13-6-4-11-19(21)23)22(27)24-14-8-16-25-15-7-10-18-9-3-5-12-20(18)25/h3-6,9,11-13,17H,7-8,10,14-16H2,1-2H3,(H,24,27)/t17-/m1/s1. The van der Waals surface area contributed by atoms with E-state index in [4.69, 9.17) is 0 Å². The average Bonchev–Trinajstić information content (AvgIpc) is 2.71. The maximum absolute atomic E-state index is 14.2. The van der Waals surface area contributed by atoms with E-state index in [2.05, 4.69) is 22.3 Å². The number of benzene rings is 2. The van der Waals surface area contributed by atoms with Crippen molar-refractivity contribution >= 4 is 27.3 Å². The van der Waals surface area contributed by atoms with Crippen LogP contribution in [0, 0.1) is 5.82 Å². The van der Waals surface area contributed by atoms with Crippen molar-refractivity contribution in [3.8, 4) is 0 Å². The molecular formula is C22H28FN3O3S. The summed E-state index contributed by atoms with van der Waals surface area (Å²) in [6.45, 7) is 3.66. The molecule has 0 unspecified atom stereocenters. The molecule has 0 saturated heterocycles. The van der Waals surface area contributed by atoms with Gasteiger partial charge in [-0.3, -0.25) is 9.10 Å². The summed E-state index contributed by atoms with van der Waals surface area (Å²) in [7, 11) is -3.84.